The molecule has 4 aromatic rings. The number of hydrogen-bond acceptors (Lipinski definition) is 6. The molecule has 1 aliphatic heterocycles. The lowest BCUT2D eigenvalue weighted by atomic mass is 10.0. The first-order valence-corrected chi connectivity index (χ1v) is 11.8. The van der Waals surface area contributed by atoms with E-state index in [4.69, 9.17) is 0 Å². The van der Waals surface area contributed by atoms with Crippen molar-refractivity contribution in [1.82, 2.24) is 20.3 Å². The van der Waals surface area contributed by atoms with Crippen molar-refractivity contribution < 1.29 is 14.0 Å². The van der Waals surface area contributed by atoms with E-state index >= 15 is 0 Å². The predicted molar refractivity (Wildman–Crippen MR) is 134 cm³/mol. The number of rotatable bonds is 6. The molecule has 1 aromatic carbocycles. The molecule has 0 radical (unpaired) electrons. The molecule has 7 nitrogen and oxygen atoms in total. The summed E-state index contributed by atoms with van der Waals surface area (Å²) in [5.41, 5.74) is 2.61. The van der Waals surface area contributed by atoms with Crippen LogP contribution in [-0.2, 0) is 0 Å². The van der Waals surface area contributed by atoms with E-state index in [9.17, 15) is 14.0 Å². The molecule has 180 valence electrons. The van der Waals surface area contributed by atoms with Crippen molar-refractivity contribution >= 4 is 17.5 Å². The molecule has 1 aliphatic rings. The van der Waals surface area contributed by atoms with Crippen LogP contribution < -0.4 is 10.2 Å². The molecule has 0 unspecified atom stereocenters. The van der Waals surface area contributed by atoms with Crippen LogP contribution >= 0.6 is 0 Å². The van der Waals surface area contributed by atoms with Crippen LogP contribution in [-0.4, -0.2) is 45.8 Å². The standard InChI is InChI=1S/C28H24FN5O2/c29-21-6-3-5-19(17-21)24-10-9-20(18-32-24)28(36)33-22-11-15-34(16-12-22)27-23(7-4-14-31-27)26(35)25-8-1-2-13-30-25/h1-10,13-14,17-18,22H,11-12,15-16H2,(H,33,36). The van der Waals surface area contributed by atoms with Crippen LogP contribution in [0.1, 0.15) is 39.3 Å². The number of hydrogen-bond donors (Lipinski definition) is 1. The van der Waals surface area contributed by atoms with E-state index in [1.165, 1.54) is 18.3 Å². The molecule has 0 atom stereocenters. The monoisotopic (exact) mass is 481 g/mol. The number of carbonyl (C=O) groups excluding carboxylic acids is 2. The summed E-state index contributed by atoms with van der Waals surface area (Å²) in [6, 6.07) is 18.4. The van der Waals surface area contributed by atoms with Gasteiger partial charge in [-0.1, -0.05) is 18.2 Å². The lowest BCUT2D eigenvalue weighted by molar-refractivity contribution is 0.0930. The summed E-state index contributed by atoms with van der Waals surface area (Å²) in [5, 5.41) is 3.08. The highest BCUT2D eigenvalue weighted by atomic mass is 19.1. The number of pyridine rings is 3. The molecule has 8 heteroatoms. The SMILES string of the molecule is O=C(NC1CCN(c2ncccc2C(=O)c2ccccn2)CC1)c1ccc(-c2cccc(F)c2)nc1. The normalized spacial score (nSPS) is 13.9. The molecule has 1 N–H and O–H groups in total. The summed E-state index contributed by atoms with van der Waals surface area (Å²) >= 11 is 0. The summed E-state index contributed by atoms with van der Waals surface area (Å²) in [6.07, 6.45) is 6.22. The molecule has 0 spiro atoms. The van der Waals surface area contributed by atoms with Gasteiger partial charge in [-0.15, -0.1) is 0 Å². The number of benzene rings is 1. The number of nitrogens with one attached hydrogen (secondary N) is 1. The van der Waals surface area contributed by atoms with Crippen molar-refractivity contribution in [3.63, 3.8) is 0 Å². The topological polar surface area (TPSA) is 88.1 Å². The summed E-state index contributed by atoms with van der Waals surface area (Å²) in [4.78, 5) is 40.8. The minimum atomic E-state index is -0.332. The van der Waals surface area contributed by atoms with Crippen LogP contribution in [0.3, 0.4) is 0 Å². The van der Waals surface area contributed by atoms with Crippen molar-refractivity contribution in [1.29, 1.82) is 0 Å². The van der Waals surface area contributed by atoms with Crippen molar-refractivity contribution in [2.75, 3.05) is 18.0 Å². The van der Waals surface area contributed by atoms with Gasteiger partial charge in [0.25, 0.3) is 5.91 Å². The van der Waals surface area contributed by atoms with Crippen LogP contribution in [0.15, 0.2) is 85.3 Å². The van der Waals surface area contributed by atoms with Crippen molar-refractivity contribution in [2.45, 2.75) is 18.9 Å². The highest BCUT2D eigenvalue weighted by Gasteiger charge is 2.25. The third-order valence-corrected chi connectivity index (χ3v) is 6.20. The van der Waals surface area contributed by atoms with Gasteiger partial charge in [-0.2, -0.15) is 0 Å². The first-order chi connectivity index (χ1) is 17.6. The quantitative estimate of drug-likeness (QED) is 0.413. The fourth-order valence-corrected chi connectivity index (χ4v) is 4.31. The van der Waals surface area contributed by atoms with Crippen LogP contribution in [0.5, 0.6) is 0 Å². The first-order valence-electron chi connectivity index (χ1n) is 11.8. The Kier molecular flexibility index (Phi) is 6.75. The molecule has 0 bridgehead atoms. The van der Waals surface area contributed by atoms with Crippen molar-refractivity contribution in [3.05, 3.63) is 108 Å². The highest BCUT2D eigenvalue weighted by Crippen LogP contribution is 2.24. The average molecular weight is 482 g/mol. The van der Waals surface area contributed by atoms with Gasteiger partial charge >= 0.3 is 0 Å². The lowest BCUT2D eigenvalue weighted by Gasteiger charge is -2.34. The molecule has 0 aliphatic carbocycles. The summed E-state index contributed by atoms with van der Waals surface area (Å²) < 4.78 is 13.5. The second kappa shape index (κ2) is 10.4. The number of ketones is 1. The third-order valence-electron chi connectivity index (χ3n) is 6.20. The van der Waals surface area contributed by atoms with Gasteiger partial charge in [0.1, 0.15) is 17.3 Å². The molecule has 36 heavy (non-hydrogen) atoms. The Morgan fingerprint density at radius 3 is 2.44 bits per heavy atom. The van der Waals surface area contributed by atoms with E-state index in [1.54, 1.807) is 67.0 Å². The minimum absolute atomic E-state index is 0.00435. The molecular formula is C28H24FN5O2. The second-order valence-corrected chi connectivity index (χ2v) is 8.60. The highest BCUT2D eigenvalue weighted by molar-refractivity contribution is 6.10. The fraction of sp³-hybridized carbons (Fsp3) is 0.179. The van der Waals surface area contributed by atoms with Gasteiger partial charge in [0.15, 0.2) is 0 Å². The maximum atomic E-state index is 13.5. The van der Waals surface area contributed by atoms with Crippen LogP contribution in [0.2, 0.25) is 0 Å². The Bertz CT molecular complexity index is 1370. The molecule has 5 rings (SSSR count). The van der Waals surface area contributed by atoms with E-state index in [2.05, 4.69) is 25.2 Å². The zero-order valence-corrected chi connectivity index (χ0v) is 19.5. The Hall–Kier alpha value is -4.46. The summed E-state index contributed by atoms with van der Waals surface area (Å²) in [6.45, 7) is 1.31. The van der Waals surface area contributed by atoms with Gasteiger partial charge in [0, 0.05) is 43.3 Å². The molecule has 1 fully saturated rings. The average Bonchev–Trinajstić information content (AvgIpc) is 2.94. The minimum Gasteiger partial charge on any atom is -0.356 e. The van der Waals surface area contributed by atoms with E-state index in [-0.39, 0.29) is 23.5 Å². The number of nitrogens with zero attached hydrogens (tertiary/aromatic N) is 4. The Morgan fingerprint density at radius 1 is 0.889 bits per heavy atom. The maximum absolute atomic E-state index is 13.5. The molecule has 4 heterocycles. The zero-order chi connectivity index (χ0) is 24.9. The Labute approximate surface area is 208 Å². The van der Waals surface area contributed by atoms with Crippen LogP contribution in [0.25, 0.3) is 11.3 Å². The number of anilines is 1. The number of carbonyl (C=O) groups is 2. The van der Waals surface area contributed by atoms with E-state index in [0.29, 0.717) is 59.8 Å². The number of piperidine rings is 1. The molecular weight excluding hydrogens is 457 g/mol. The second-order valence-electron chi connectivity index (χ2n) is 8.60. The van der Waals surface area contributed by atoms with Crippen molar-refractivity contribution in [2.24, 2.45) is 0 Å². The fourth-order valence-electron chi connectivity index (χ4n) is 4.31. The predicted octanol–water partition coefficient (Wildman–Crippen LogP) is 4.31. The largest absolute Gasteiger partial charge is 0.356 e. The summed E-state index contributed by atoms with van der Waals surface area (Å²) in [7, 11) is 0. The Balaban J connectivity index is 1.21. The van der Waals surface area contributed by atoms with Gasteiger partial charge in [0.05, 0.1) is 16.8 Å². The van der Waals surface area contributed by atoms with E-state index in [0.717, 1.165) is 0 Å². The maximum Gasteiger partial charge on any atom is 0.253 e. The number of halogens is 1. The van der Waals surface area contributed by atoms with Gasteiger partial charge in [0.2, 0.25) is 5.78 Å². The van der Waals surface area contributed by atoms with Gasteiger partial charge < -0.3 is 10.2 Å². The van der Waals surface area contributed by atoms with E-state index in [1.807, 2.05) is 0 Å². The first kappa shape index (κ1) is 23.3. The zero-order valence-electron chi connectivity index (χ0n) is 19.5. The number of amides is 1. The molecule has 3 aromatic heterocycles. The Morgan fingerprint density at radius 2 is 1.72 bits per heavy atom. The van der Waals surface area contributed by atoms with Gasteiger partial charge in [-0.25, -0.2) is 9.37 Å². The van der Waals surface area contributed by atoms with Crippen LogP contribution in [0.4, 0.5) is 10.2 Å². The molecule has 1 saturated heterocycles. The third kappa shape index (κ3) is 5.12. The smallest absolute Gasteiger partial charge is 0.253 e. The summed E-state index contributed by atoms with van der Waals surface area (Å²) in [5.74, 6) is -0.0598. The number of aromatic nitrogens is 3. The molecule has 1 amide bonds. The van der Waals surface area contributed by atoms with Crippen LogP contribution in [0, 0.1) is 5.82 Å². The molecule has 0 saturated carbocycles. The van der Waals surface area contributed by atoms with E-state index < -0.39 is 0 Å². The van der Waals surface area contributed by atoms with Crippen molar-refractivity contribution in [3.8, 4) is 11.3 Å². The lowest BCUT2D eigenvalue weighted by Crippen LogP contribution is -2.45. The van der Waals surface area contributed by atoms with Gasteiger partial charge in [-0.05, 0) is 61.4 Å². The van der Waals surface area contributed by atoms with Gasteiger partial charge in [-0.3, -0.25) is 19.6 Å².